The summed E-state index contributed by atoms with van der Waals surface area (Å²) in [6.45, 7) is 1.46. The summed E-state index contributed by atoms with van der Waals surface area (Å²) in [5, 5.41) is 12.9. The van der Waals surface area contributed by atoms with Gasteiger partial charge in [-0.3, -0.25) is 4.79 Å². The van der Waals surface area contributed by atoms with Crippen LogP contribution >= 0.6 is 11.6 Å². The van der Waals surface area contributed by atoms with E-state index >= 15 is 0 Å². The average Bonchev–Trinajstić information content (AvgIpc) is 2.39. The molecule has 1 aromatic carbocycles. The molecule has 0 bridgehead atoms. The third-order valence-electron chi connectivity index (χ3n) is 3.70. The molecule has 0 saturated carbocycles. The van der Waals surface area contributed by atoms with Gasteiger partial charge in [-0.2, -0.15) is 0 Å². The molecule has 0 aromatic heterocycles. The number of likely N-dealkylation sites (N-methyl/N-ethyl adjacent to an activating group) is 1. The molecule has 0 spiro atoms. The second-order valence-electron chi connectivity index (χ2n) is 4.60. The van der Waals surface area contributed by atoms with Crippen LogP contribution in [-0.2, 0) is 4.79 Å². The zero-order chi connectivity index (χ0) is 13.2. The predicted molar refractivity (Wildman–Crippen MR) is 72.3 cm³/mol. The minimum atomic E-state index is -0.775. The molecule has 0 atom stereocenters. The molecule has 4 nitrogen and oxygen atoms in total. The van der Waals surface area contributed by atoms with Crippen molar-refractivity contribution < 1.29 is 9.90 Å². The van der Waals surface area contributed by atoms with Crippen molar-refractivity contribution in [2.24, 2.45) is 0 Å². The van der Waals surface area contributed by atoms with Crippen molar-refractivity contribution in [3.05, 3.63) is 29.3 Å². The van der Waals surface area contributed by atoms with Crippen LogP contribution in [0.4, 0.5) is 5.69 Å². The number of halogens is 1. The lowest BCUT2D eigenvalue weighted by atomic mass is 9.87. The maximum atomic E-state index is 11.3. The molecular weight excluding hydrogens is 252 g/mol. The first-order chi connectivity index (χ1) is 8.57. The number of rotatable bonds is 3. The summed E-state index contributed by atoms with van der Waals surface area (Å²) in [5.41, 5.74) is 0.317. The molecule has 1 aliphatic heterocycles. The summed E-state index contributed by atoms with van der Waals surface area (Å²) in [4.78, 5) is 13.5. The minimum Gasteiger partial charge on any atom is -0.480 e. The highest BCUT2D eigenvalue weighted by Gasteiger charge is 2.40. The molecule has 98 valence electrons. The highest BCUT2D eigenvalue weighted by molar-refractivity contribution is 6.30. The van der Waals surface area contributed by atoms with Crippen LogP contribution in [0.25, 0.3) is 0 Å². The lowest BCUT2D eigenvalue weighted by Crippen LogP contribution is -2.57. The topological polar surface area (TPSA) is 52.6 Å². The zero-order valence-corrected chi connectivity index (χ0v) is 11.1. The largest absolute Gasteiger partial charge is 0.480 e. The molecule has 0 unspecified atom stereocenters. The summed E-state index contributed by atoms with van der Waals surface area (Å²) in [6, 6.07) is 7.65. The van der Waals surface area contributed by atoms with Crippen molar-refractivity contribution in [1.82, 2.24) is 5.32 Å². The molecule has 0 aliphatic carbocycles. The number of carboxylic acids is 1. The van der Waals surface area contributed by atoms with Gasteiger partial charge in [0.25, 0.3) is 0 Å². The van der Waals surface area contributed by atoms with Gasteiger partial charge in [0.1, 0.15) is 5.54 Å². The first kappa shape index (κ1) is 13.2. The third kappa shape index (κ3) is 2.44. The predicted octanol–water partition coefficient (Wildman–Crippen LogP) is 1.98. The van der Waals surface area contributed by atoms with Crippen LogP contribution in [0.2, 0.25) is 5.02 Å². The number of aliphatic carboxylic acids is 1. The molecule has 1 aromatic rings. The van der Waals surface area contributed by atoms with E-state index in [0.717, 1.165) is 18.8 Å². The van der Waals surface area contributed by atoms with Gasteiger partial charge in [-0.15, -0.1) is 0 Å². The van der Waals surface area contributed by atoms with Crippen LogP contribution in [0, 0.1) is 0 Å². The van der Waals surface area contributed by atoms with Gasteiger partial charge in [0, 0.05) is 23.8 Å². The van der Waals surface area contributed by atoms with Crippen LogP contribution in [0.3, 0.4) is 0 Å². The number of nitrogens with one attached hydrogen (secondary N) is 1. The van der Waals surface area contributed by atoms with E-state index in [2.05, 4.69) is 10.2 Å². The number of carboxylic acid groups (broad SMARTS) is 1. The van der Waals surface area contributed by atoms with Crippen molar-refractivity contribution in [2.45, 2.75) is 18.4 Å². The number of carbonyl (C=O) groups is 1. The van der Waals surface area contributed by atoms with Gasteiger partial charge in [0.2, 0.25) is 0 Å². The van der Waals surface area contributed by atoms with E-state index in [1.807, 2.05) is 24.3 Å². The highest BCUT2D eigenvalue weighted by Crippen LogP contribution is 2.27. The Morgan fingerprint density at radius 1 is 1.33 bits per heavy atom. The lowest BCUT2D eigenvalue weighted by Gasteiger charge is -2.39. The van der Waals surface area contributed by atoms with Crippen molar-refractivity contribution >= 4 is 23.3 Å². The van der Waals surface area contributed by atoms with E-state index in [9.17, 15) is 9.90 Å². The van der Waals surface area contributed by atoms with Crippen molar-refractivity contribution in [3.8, 4) is 0 Å². The van der Waals surface area contributed by atoms with E-state index in [0.29, 0.717) is 17.9 Å². The van der Waals surface area contributed by atoms with Crippen LogP contribution in [-0.4, -0.2) is 36.8 Å². The van der Waals surface area contributed by atoms with Gasteiger partial charge < -0.3 is 15.3 Å². The molecule has 0 radical (unpaired) electrons. The summed E-state index contributed by atoms with van der Waals surface area (Å²) < 4.78 is 0. The molecule has 1 fully saturated rings. The fraction of sp³-hybridized carbons (Fsp3) is 0.462. The number of hydrogen-bond donors (Lipinski definition) is 2. The zero-order valence-electron chi connectivity index (χ0n) is 10.3. The second kappa shape index (κ2) is 5.16. The molecule has 2 rings (SSSR count). The van der Waals surface area contributed by atoms with Gasteiger partial charge in [-0.1, -0.05) is 11.6 Å². The summed E-state index contributed by atoms with van der Waals surface area (Å²) in [7, 11) is 1.71. The van der Waals surface area contributed by atoms with Gasteiger partial charge >= 0.3 is 5.97 Å². The molecule has 1 aliphatic rings. The Morgan fingerprint density at radius 2 is 1.89 bits per heavy atom. The Labute approximate surface area is 112 Å². The SMILES string of the molecule is CNC1(C(=O)O)CCN(c2ccc(Cl)cc2)CC1. The number of benzene rings is 1. The van der Waals surface area contributed by atoms with Crippen LogP contribution in [0.15, 0.2) is 24.3 Å². The van der Waals surface area contributed by atoms with E-state index in [1.54, 1.807) is 7.05 Å². The van der Waals surface area contributed by atoms with Gasteiger partial charge in [-0.25, -0.2) is 0 Å². The van der Waals surface area contributed by atoms with Gasteiger partial charge in [-0.05, 0) is 44.2 Å². The van der Waals surface area contributed by atoms with Gasteiger partial charge in [0.05, 0.1) is 0 Å². The normalized spacial score (nSPS) is 18.7. The molecule has 5 heteroatoms. The fourth-order valence-corrected chi connectivity index (χ4v) is 2.50. The Kier molecular flexibility index (Phi) is 3.78. The number of hydrogen-bond acceptors (Lipinski definition) is 3. The monoisotopic (exact) mass is 268 g/mol. The minimum absolute atomic E-state index is 0.599. The highest BCUT2D eigenvalue weighted by atomic mass is 35.5. The van der Waals surface area contributed by atoms with Crippen LogP contribution in [0.1, 0.15) is 12.8 Å². The van der Waals surface area contributed by atoms with E-state index in [-0.39, 0.29) is 0 Å². The molecule has 1 saturated heterocycles. The second-order valence-corrected chi connectivity index (χ2v) is 5.04. The molecular formula is C13H17ClN2O2. The molecule has 0 amide bonds. The maximum absolute atomic E-state index is 11.3. The maximum Gasteiger partial charge on any atom is 0.324 e. The fourth-order valence-electron chi connectivity index (χ4n) is 2.37. The summed E-state index contributed by atoms with van der Waals surface area (Å²) in [5.74, 6) is -0.763. The Balaban J connectivity index is 2.06. The number of anilines is 1. The van der Waals surface area contributed by atoms with E-state index in [1.165, 1.54) is 0 Å². The molecule has 18 heavy (non-hydrogen) atoms. The molecule has 1 heterocycles. The average molecular weight is 269 g/mol. The number of piperidine rings is 1. The van der Waals surface area contributed by atoms with Crippen LogP contribution in [0.5, 0.6) is 0 Å². The van der Waals surface area contributed by atoms with Crippen molar-refractivity contribution in [2.75, 3.05) is 25.0 Å². The Hall–Kier alpha value is -1.26. The lowest BCUT2D eigenvalue weighted by molar-refractivity contribution is -0.145. The van der Waals surface area contributed by atoms with E-state index < -0.39 is 11.5 Å². The third-order valence-corrected chi connectivity index (χ3v) is 3.95. The quantitative estimate of drug-likeness (QED) is 0.880. The summed E-state index contributed by atoms with van der Waals surface area (Å²) >= 11 is 5.85. The first-order valence-electron chi connectivity index (χ1n) is 6.00. The van der Waals surface area contributed by atoms with Crippen molar-refractivity contribution in [1.29, 1.82) is 0 Å². The molecule has 2 N–H and O–H groups in total. The van der Waals surface area contributed by atoms with Crippen molar-refractivity contribution in [3.63, 3.8) is 0 Å². The first-order valence-corrected chi connectivity index (χ1v) is 6.38. The van der Waals surface area contributed by atoms with E-state index in [4.69, 9.17) is 11.6 Å². The Morgan fingerprint density at radius 3 is 2.33 bits per heavy atom. The smallest absolute Gasteiger partial charge is 0.324 e. The standard InChI is InChI=1S/C13H17ClN2O2/c1-15-13(12(17)18)6-8-16(9-7-13)11-4-2-10(14)3-5-11/h2-5,15H,6-9H2,1H3,(H,17,18). The van der Waals surface area contributed by atoms with Crippen LogP contribution < -0.4 is 10.2 Å². The number of nitrogens with zero attached hydrogens (tertiary/aromatic N) is 1. The van der Waals surface area contributed by atoms with Gasteiger partial charge in [0.15, 0.2) is 0 Å². The summed E-state index contributed by atoms with van der Waals surface area (Å²) in [6.07, 6.45) is 1.20. The Bertz CT molecular complexity index is 425.